The van der Waals surface area contributed by atoms with E-state index in [-0.39, 0.29) is 0 Å². The lowest BCUT2D eigenvalue weighted by Crippen LogP contribution is -2.05. The van der Waals surface area contributed by atoms with E-state index < -0.39 is 0 Å². The molecule has 192 valence electrons. The molecule has 0 N–H and O–H groups in total. The molecule has 5 rings (SSSR count). The zero-order chi connectivity index (χ0) is 27.4. The van der Waals surface area contributed by atoms with Gasteiger partial charge in [-0.2, -0.15) is 0 Å². The molecule has 0 aliphatic heterocycles. The van der Waals surface area contributed by atoms with Crippen LogP contribution < -0.4 is 0 Å². The average molecular weight is 701 g/mol. The Bertz CT molecular complexity index is 1590. The maximum atomic E-state index is 5.27. The molecule has 0 fully saturated rings. The molecule has 0 spiro atoms. The summed E-state index contributed by atoms with van der Waals surface area (Å²) in [6.45, 7) is 4.02. The van der Waals surface area contributed by atoms with Crippen LogP contribution in [0.5, 0.6) is 0 Å². The number of hydrogen-bond donors (Lipinski definition) is 0. The lowest BCUT2D eigenvalue weighted by atomic mass is 9.91. The SMILES string of the molecule is CC(=Nc1c(Br)cc(Br)cc1Br)C(C)=Nc1c(-c2ccccc2)cc(-c2ccccc2)cc1-c1ccccc1. The standard InChI is InChI=1S/C34H25Br3N2/c1-22(23(2)39-34-31(36)20-28(35)21-32(34)37)38-33-29(25-14-8-4-9-15-25)18-27(24-12-6-3-7-13-24)19-30(33)26-16-10-5-11-17-26/h3-21H,1-2H3. The summed E-state index contributed by atoms with van der Waals surface area (Å²) in [5.74, 6) is 0. The highest BCUT2D eigenvalue weighted by molar-refractivity contribution is 9.11. The first-order valence-corrected chi connectivity index (χ1v) is 14.9. The van der Waals surface area contributed by atoms with Crippen molar-refractivity contribution in [3.63, 3.8) is 0 Å². The Hall–Kier alpha value is -3.12. The Morgan fingerprint density at radius 3 is 1.28 bits per heavy atom. The van der Waals surface area contributed by atoms with E-state index in [0.717, 1.165) is 64.0 Å². The number of rotatable bonds is 6. The third-order valence-electron chi connectivity index (χ3n) is 6.45. The van der Waals surface area contributed by atoms with Crippen LogP contribution in [0.4, 0.5) is 11.4 Å². The number of benzene rings is 5. The fraction of sp³-hybridized carbons (Fsp3) is 0.0588. The van der Waals surface area contributed by atoms with Gasteiger partial charge >= 0.3 is 0 Å². The third-order valence-corrected chi connectivity index (χ3v) is 8.12. The number of hydrogen-bond acceptors (Lipinski definition) is 2. The maximum absolute atomic E-state index is 5.27. The molecule has 0 heterocycles. The summed E-state index contributed by atoms with van der Waals surface area (Å²) in [6, 6.07) is 39.9. The molecular formula is C34H25Br3N2. The minimum atomic E-state index is 0.830. The van der Waals surface area contributed by atoms with Crippen LogP contribution in [0.2, 0.25) is 0 Å². The lowest BCUT2D eigenvalue weighted by Gasteiger charge is -2.17. The third kappa shape index (κ3) is 6.38. The van der Waals surface area contributed by atoms with Gasteiger partial charge < -0.3 is 0 Å². The molecular weight excluding hydrogens is 676 g/mol. The van der Waals surface area contributed by atoms with Gasteiger partial charge in [-0.1, -0.05) is 107 Å². The van der Waals surface area contributed by atoms with Crippen molar-refractivity contribution in [1.82, 2.24) is 0 Å². The highest BCUT2D eigenvalue weighted by atomic mass is 79.9. The van der Waals surface area contributed by atoms with Gasteiger partial charge in [0.2, 0.25) is 0 Å². The van der Waals surface area contributed by atoms with Crippen LogP contribution in [0.15, 0.2) is 139 Å². The molecule has 5 aromatic rings. The van der Waals surface area contributed by atoms with Crippen LogP contribution in [0.1, 0.15) is 13.8 Å². The van der Waals surface area contributed by atoms with Crippen LogP contribution in [-0.2, 0) is 0 Å². The zero-order valence-electron chi connectivity index (χ0n) is 21.5. The van der Waals surface area contributed by atoms with E-state index in [1.807, 2.05) is 44.2 Å². The Labute approximate surface area is 255 Å². The van der Waals surface area contributed by atoms with E-state index in [4.69, 9.17) is 9.98 Å². The van der Waals surface area contributed by atoms with Crippen LogP contribution in [0, 0.1) is 0 Å². The first-order chi connectivity index (χ1) is 18.9. The first kappa shape index (κ1) is 27.4. The molecule has 2 nitrogen and oxygen atoms in total. The summed E-state index contributed by atoms with van der Waals surface area (Å²) >= 11 is 10.8. The second-order valence-electron chi connectivity index (χ2n) is 9.13. The maximum Gasteiger partial charge on any atom is 0.0918 e. The Balaban J connectivity index is 1.75. The van der Waals surface area contributed by atoms with Crippen molar-refractivity contribution in [3.05, 3.63) is 129 Å². The molecule has 5 heteroatoms. The predicted octanol–water partition coefficient (Wildman–Crippen LogP) is 11.9. The molecule has 0 bridgehead atoms. The Morgan fingerprint density at radius 1 is 0.462 bits per heavy atom. The van der Waals surface area contributed by atoms with Gasteiger partial charge in [0.15, 0.2) is 0 Å². The highest BCUT2D eigenvalue weighted by Gasteiger charge is 2.16. The van der Waals surface area contributed by atoms with Crippen LogP contribution in [0.25, 0.3) is 33.4 Å². The molecule has 0 aliphatic rings. The summed E-state index contributed by atoms with van der Waals surface area (Å²) in [6.07, 6.45) is 0. The normalized spacial score (nSPS) is 12.0. The molecule has 0 saturated carbocycles. The molecule has 5 aromatic carbocycles. The van der Waals surface area contributed by atoms with Gasteiger partial charge in [-0.3, -0.25) is 4.99 Å². The van der Waals surface area contributed by atoms with Crippen molar-refractivity contribution < 1.29 is 0 Å². The van der Waals surface area contributed by atoms with Crippen LogP contribution >= 0.6 is 47.8 Å². The second kappa shape index (κ2) is 12.4. The topological polar surface area (TPSA) is 24.7 Å². The molecule has 0 aromatic heterocycles. The van der Waals surface area contributed by atoms with Gasteiger partial charge in [0.1, 0.15) is 0 Å². The molecule has 0 saturated heterocycles. The van der Waals surface area contributed by atoms with Gasteiger partial charge in [-0.25, -0.2) is 4.99 Å². The number of nitrogens with zero attached hydrogens (tertiary/aromatic N) is 2. The smallest absolute Gasteiger partial charge is 0.0918 e. The van der Waals surface area contributed by atoms with Crippen molar-refractivity contribution in [2.45, 2.75) is 13.8 Å². The zero-order valence-corrected chi connectivity index (χ0v) is 26.3. The number of halogens is 3. The summed E-state index contributed by atoms with van der Waals surface area (Å²) in [7, 11) is 0. The van der Waals surface area contributed by atoms with Gasteiger partial charge in [-0.15, -0.1) is 0 Å². The molecule has 39 heavy (non-hydrogen) atoms. The summed E-state index contributed by atoms with van der Waals surface area (Å²) < 4.78 is 2.78. The van der Waals surface area contributed by atoms with Crippen LogP contribution in [0.3, 0.4) is 0 Å². The fourth-order valence-electron chi connectivity index (χ4n) is 4.37. The van der Waals surface area contributed by atoms with Crippen molar-refractivity contribution >= 4 is 70.6 Å². The van der Waals surface area contributed by atoms with Crippen LogP contribution in [-0.4, -0.2) is 11.4 Å². The van der Waals surface area contributed by atoms with E-state index in [2.05, 4.69) is 133 Å². The summed E-state index contributed by atoms with van der Waals surface area (Å²) in [4.78, 5) is 10.2. The minimum absolute atomic E-state index is 0.830. The van der Waals surface area contributed by atoms with Gasteiger partial charge in [-0.05, 0) is 92.2 Å². The van der Waals surface area contributed by atoms with E-state index in [0.29, 0.717) is 0 Å². The van der Waals surface area contributed by atoms with Gasteiger partial charge in [0.05, 0.1) is 22.8 Å². The molecule has 0 amide bonds. The molecule has 0 aliphatic carbocycles. The minimum Gasteiger partial charge on any atom is -0.251 e. The monoisotopic (exact) mass is 698 g/mol. The average Bonchev–Trinajstić information content (AvgIpc) is 2.96. The largest absolute Gasteiger partial charge is 0.251 e. The summed E-state index contributed by atoms with van der Waals surface area (Å²) in [5.41, 5.74) is 10.1. The van der Waals surface area contributed by atoms with Crippen molar-refractivity contribution in [2.24, 2.45) is 9.98 Å². The van der Waals surface area contributed by atoms with Gasteiger partial charge in [0.25, 0.3) is 0 Å². The van der Waals surface area contributed by atoms with Crippen molar-refractivity contribution in [2.75, 3.05) is 0 Å². The Kier molecular flexibility index (Phi) is 8.71. The molecule has 0 radical (unpaired) electrons. The fourth-order valence-corrected chi connectivity index (χ4v) is 6.80. The van der Waals surface area contributed by atoms with Crippen molar-refractivity contribution in [1.29, 1.82) is 0 Å². The molecule has 0 unspecified atom stereocenters. The van der Waals surface area contributed by atoms with E-state index in [1.54, 1.807) is 0 Å². The molecule has 0 atom stereocenters. The second-order valence-corrected chi connectivity index (χ2v) is 11.8. The summed E-state index contributed by atoms with van der Waals surface area (Å²) in [5, 5.41) is 0. The Morgan fingerprint density at radius 2 is 0.846 bits per heavy atom. The first-order valence-electron chi connectivity index (χ1n) is 12.5. The van der Waals surface area contributed by atoms with Crippen molar-refractivity contribution in [3.8, 4) is 33.4 Å². The van der Waals surface area contributed by atoms with Gasteiger partial charge in [0, 0.05) is 24.5 Å². The van der Waals surface area contributed by atoms with E-state index in [9.17, 15) is 0 Å². The lowest BCUT2D eigenvalue weighted by molar-refractivity contribution is 1.42. The number of aliphatic imine (C=N–C) groups is 2. The van der Waals surface area contributed by atoms with E-state index >= 15 is 0 Å². The van der Waals surface area contributed by atoms with E-state index in [1.165, 1.54) is 5.56 Å². The highest BCUT2D eigenvalue weighted by Crippen LogP contribution is 2.43. The quantitative estimate of drug-likeness (QED) is 0.158. The predicted molar refractivity (Wildman–Crippen MR) is 178 cm³/mol.